The van der Waals surface area contributed by atoms with Gasteiger partial charge >= 0.3 is 0 Å². The van der Waals surface area contributed by atoms with Crippen molar-refractivity contribution in [3.05, 3.63) is 23.5 Å². The molecule has 1 aromatic heterocycles. The maximum Gasteiger partial charge on any atom is 0.282 e. The Kier molecular flexibility index (Phi) is 4.05. The molecule has 0 atom stereocenters. The van der Waals surface area contributed by atoms with E-state index in [-0.39, 0.29) is 11.4 Å². The molecule has 2 rings (SSSR count). The van der Waals surface area contributed by atoms with Gasteiger partial charge in [0.05, 0.1) is 12.3 Å². The van der Waals surface area contributed by atoms with Crippen molar-refractivity contribution < 1.29 is 13.5 Å². The van der Waals surface area contributed by atoms with E-state index in [0.29, 0.717) is 32.0 Å². The summed E-state index contributed by atoms with van der Waals surface area (Å²) in [5.41, 5.74) is 0.0885. The molecule has 0 unspecified atom stereocenters. The van der Waals surface area contributed by atoms with Crippen LogP contribution in [0.2, 0.25) is 0 Å². The fourth-order valence-corrected chi connectivity index (χ4v) is 1.94. The number of halogens is 2. The third-order valence-electron chi connectivity index (χ3n) is 2.79. The molecule has 0 aliphatic carbocycles. The van der Waals surface area contributed by atoms with Gasteiger partial charge in [0.2, 0.25) is 0 Å². The van der Waals surface area contributed by atoms with Crippen LogP contribution in [0.1, 0.15) is 24.2 Å². The Labute approximate surface area is 104 Å². The van der Waals surface area contributed by atoms with Crippen LogP contribution >= 0.6 is 0 Å². The number of nitrogens with zero attached hydrogens (tertiary/aromatic N) is 3. The van der Waals surface area contributed by atoms with Crippen molar-refractivity contribution >= 4 is 5.69 Å². The van der Waals surface area contributed by atoms with Crippen molar-refractivity contribution in [1.29, 1.82) is 5.26 Å². The third kappa shape index (κ3) is 2.74. The summed E-state index contributed by atoms with van der Waals surface area (Å²) in [6.07, 6.45) is -1.89. The number of hydrogen-bond acceptors (Lipinski definition) is 4. The topological polar surface area (TPSA) is 49.2 Å². The van der Waals surface area contributed by atoms with Crippen LogP contribution < -0.4 is 4.90 Å². The Morgan fingerprint density at radius 1 is 1.33 bits per heavy atom. The number of anilines is 1. The summed E-state index contributed by atoms with van der Waals surface area (Å²) in [4.78, 5) is 5.54. The van der Waals surface area contributed by atoms with Crippen LogP contribution in [0, 0.1) is 11.3 Å². The second-order valence-electron chi connectivity index (χ2n) is 3.97. The van der Waals surface area contributed by atoms with Gasteiger partial charge in [-0.05, 0) is 18.6 Å². The fourth-order valence-electron chi connectivity index (χ4n) is 1.94. The standard InChI is InChI=1S/C12H13F2N3O/c13-12(14)11-10(3-2-9(8-15)16-11)17-4-1-6-18-7-5-17/h2-3,12H,1,4-7H2. The van der Waals surface area contributed by atoms with Crippen molar-refractivity contribution in [2.45, 2.75) is 12.8 Å². The molecule has 4 nitrogen and oxygen atoms in total. The van der Waals surface area contributed by atoms with E-state index in [1.165, 1.54) is 6.07 Å². The Hall–Kier alpha value is -1.74. The monoisotopic (exact) mass is 253 g/mol. The smallest absolute Gasteiger partial charge is 0.282 e. The van der Waals surface area contributed by atoms with Gasteiger partial charge in [0, 0.05) is 19.7 Å². The number of nitriles is 1. The molecule has 18 heavy (non-hydrogen) atoms. The van der Waals surface area contributed by atoms with Gasteiger partial charge in [-0.15, -0.1) is 0 Å². The molecule has 1 fully saturated rings. The molecule has 1 aromatic rings. The summed E-state index contributed by atoms with van der Waals surface area (Å²) >= 11 is 0. The van der Waals surface area contributed by atoms with E-state index in [0.717, 1.165) is 6.42 Å². The molecule has 0 aromatic carbocycles. The third-order valence-corrected chi connectivity index (χ3v) is 2.79. The second kappa shape index (κ2) is 5.74. The van der Waals surface area contributed by atoms with E-state index in [9.17, 15) is 8.78 Å². The SMILES string of the molecule is N#Cc1ccc(N2CCCOCC2)c(C(F)F)n1. The first-order chi connectivity index (χ1) is 8.72. The summed E-state index contributed by atoms with van der Waals surface area (Å²) in [6, 6.07) is 4.78. The van der Waals surface area contributed by atoms with E-state index < -0.39 is 6.43 Å². The summed E-state index contributed by atoms with van der Waals surface area (Å²) < 4.78 is 31.2. The molecule has 1 aliphatic rings. The average molecular weight is 253 g/mol. The van der Waals surface area contributed by atoms with Gasteiger partial charge in [-0.1, -0.05) is 0 Å². The maximum absolute atomic E-state index is 13.0. The molecule has 6 heteroatoms. The van der Waals surface area contributed by atoms with Gasteiger partial charge in [-0.2, -0.15) is 5.26 Å². The van der Waals surface area contributed by atoms with Crippen molar-refractivity contribution in [3.8, 4) is 6.07 Å². The lowest BCUT2D eigenvalue weighted by atomic mass is 10.2. The van der Waals surface area contributed by atoms with Crippen LogP contribution in [-0.4, -0.2) is 31.3 Å². The highest BCUT2D eigenvalue weighted by Crippen LogP contribution is 2.28. The average Bonchev–Trinajstić information content (AvgIpc) is 2.66. The van der Waals surface area contributed by atoms with Crippen molar-refractivity contribution in [3.63, 3.8) is 0 Å². The van der Waals surface area contributed by atoms with Crippen LogP contribution in [0.25, 0.3) is 0 Å². The first-order valence-electron chi connectivity index (χ1n) is 5.74. The zero-order valence-corrected chi connectivity index (χ0v) is 9.77. The number of aromatic nitrogens is 1. The van der Waals surface area contributed by atoms with Crippen molar-refractivity contribution in [2.75, 3.05) is 31.2 Å². The normalized spacial score (nSPS) is 16.4. The highest BCUT2D eigenvalue weighted by Gasteiger charge is 2.21. The molecular formula is C12H13F2N3O. The van der Waals surface area contributed by atoms with E-state index >= 15 is 0 Å². The molecule has 0 radical (unpaired) electrons. The molecule has 0 amide bonds. The van der Waals surface area contributed by atoms with E-state index in [1.807, 2.05) is 4.90 Å². The van der Waals surface area contributed by atoms with Crippen LogP contribution in [0.15, 0.2) is 12.1 Å². The molecule has 96 valence electrons. The molecule has 1 saturated heterocycles. The number of pyridine rings is 1. The maximum atomic E-state index is 13.0. The molecule has 0 spiro atoms. The summed E-state index contributed by atoms with van der Waals surface area (Å²) in [5, 5.41) is 8.70. The van der Waals surface area contributed by atoms with Gasteiger partial charge in [-0.25, -0.2) is 13.8 Å². The molecule has 0 bridgehead atoms. The fraction of sp³-hybridized carbons (Fsp3) is 0.500. The second-order valence-corrected chi connectivity index (χ2v) is 3.97. The largest absolute Gasteiger partial charge is 0.380 e. The molecule has 1 aliphatic heterocycles. The van der Waals surface area contributed by atoms with Gasteiger partial charge in [0.15, 0.2) is 0 Å². The Morgan fingerprint density at radius 3 is 2.89 bits per heavy atom. The Balaban J connectivity index is 2.33. The quantitative estimate of drug-likeness (QED) is 0.810. The van der Waals surface area contributed by atoms with Crippen molar-refractivity contribution in [2.24, 2.45) is 0 Å². The lowest BCUT2D eigenvalue weighted by Crippen LogP contribution is -2.27. The lowest BCUT2D eigenvalue weighted by Gasteiger charge is -2.24. The first kappa shape index (κ1) is 12.7. The van der Waals surface area contributed by atoms with Crippen LogP contribution in [0.4, 0.5) is 14.5 Å². The predicted octanol–water partition coefficient (Wildman–Crippen LogP) is 2.12. The summed E-state index contributed by atoms with van der Waals surface area (Å²) in [7, 11) is 0. The molecule has 2 heterocycles. The summed E-state index contributed by atoms with van der Waals surface area (Å²) in [5.74, 6) is 0. The van der Waals surface area contributed by atoms with Crippen LogP contribution in [0.5, 0.6) is 0 Å². The van der Waals surface area contributed by atoms with E-state index in [4.69, 9.17) is 10.00 Å². The van der Waals surface area contributed by atoms with E-state index in [1.54, 1.807) is 12.1 Å². The van der Waals surface area contributed by atoms with Crippen LogP contribution in [0.3, 0.4) is 0 Å². The highest BCUT2D eigenvalue weighted by atomic mass is 19.3. The zero-order chi connectivity index (χ0) is 13.0. The van der Waals surface area contributed by atoms with Gasteiger partial charge < -0.3 is 9.64 Å². The Bertz CT molecular complexity index is 451. The van der Waals surface area contributed by atoms with Crippen LogP contribution in [-0.2, 0) is 4.74 Å². The molecular weight excluding hydrogens is 240 g/mol. The molecule has 0 saturated carbocycles. The summed E-state index contributed by atoms with van der Waals surface area (Å²) in [6.45, 7) is 2.38. The lowest BCUT2D eigenvalue weighted by molar-refractivity contribution is 0.146. The Morgan fingerprint density at radius 2 is 2.17 bits per heavy atom. The first-order valence-corrected chi connectivity index (χ1v) is 5.74. The minimum Gasteiger partial charge on any atom is -0.380 e. The van der Waals surface area contributed by atoms with E-state index in [2.05, 4.69) is 4.98 Å². The van der Waals surface area contributed by atoms with Gasteiger partial charge in [0.1, 0.15) is 17.5 Å². The van der Waals surface area contributed by atoms with Crippen molar-refractivity contribution in [1.82, 2.24) is 4.98 Å². The minimum absolute atomic E-state index is 0.0140. The van der Waals surface area contributed by atoms with Gasteiger partial charge in [-0.3, -0.25) is 0 Å². The number of rotatable bonds is 2. The highest BCUT2D eigenvalue weighted by molar-refractivity contribution is 5.53. The van der Waals surface area contributed by atoms with Gasteiger partial charge in [0.25, 0.3) is 6.43 Å². The minimum atomic E-state index is -2.68. The number of alkyl halides is 2. The number of hydrogen-bond donors (Lipinski definition) is 0. The molecule has 0 N–H and O–H groups in total. The zero-order valence-electron chi connectivity index (χ0n) is 9.77. The number of ether oxygens (including phenoxy) is 1. The predicted molar refractivity (Wildman–Crippen MR) is 61.6 cm³/mol.